The van der Waals surface area contributed by atoms with Gasteiger partial charge in [-0.2, -0.15) is 0 Å². The highest BCUT2D eigenvalue weighted by atomic mass is 16.1. The highest BCUT2D eigenvalue weighted by molar-refractivity contribution is 5.74. The number of carbonyl (C=O) groups excluding carboxylic acids is 2. The van der Waals surface area contributed by atoms with Crippen molar-refractivity contribution in [2.75, 3.05) is 13.1 Å². The molecule has 0 bridgehead atoms. The molecule has 0 atom stereocenters. The van der Waals surface area contributed by atoms with Crippen LogP contribution in [0.5, 0.6) is 0 Å². The van der Waals surface area contributed by atoms with Crippen molar-refractivity contribution >= 4 is 12.3 Å². The SMILES string of the molecule is CCN([C]=O)CCC(N)=O. The number of primary amides is 1. The van der Waals surface area contributed by atoms with Crippen LogP contribution in [0.1, 0.15) is 13.3 Å². The van der Waals surface area contributed by atoms with E-state index in [-0.39, 0.29) is 6.42 Å². The highest BCUT2D eigenvalue weighted by Gasteiger charge is 2.00. The van der Waals surface area contributed by atoms with Gasteiger partial charge < -0.3 is 10.6 Å². The predicted octanol–water partition coefficient (Wildman–Crippen LogP) is -0.749. The molecule has 0 aliphatic heterocycles. The Hall–Kier alpha value is -1.06. The average Bonchev–Trinajstić information content (AvgIpc) is 1.90. The van der Waals surface area contributed by atoms with Gasteiger partial charge in [-0.3, -0.25) is 9.59 Å². The van der Waals surface area contributed by atoms with Crippen LogP contribution >= 0.6 is 0 Å². The molecule has 0 heterocycles. The first-order valence-electron chi connectivity index (χ1n) is 3.11. The van der Waals surface area contributed by atoms with Crippen LogP contribution in [0.4, 0.5) is 0 Å². The van der Waals surface area contributed by atoms with Gasteiger partial charge in [-0.25, -0.2) is 0 Å². The van der Waals surface area contributed by atoms with E-state index < -0.39 is 5.91 Å². The molecule has 4 nitrogen and oxygen atoms in total. The predicted molar refractivity (Wildman–Crippen MR) is 36.8 cm³/mol. The van der Waals surface area contributed by atoms with E-state index in [0.29, 0.717) is 13.1 Å². The highest BCUT2D eigenvalue weighted by Crippen LogP contribution is 1.84. The van der Waals surface area contributed by atoms with Crippen molar-refractivity contribution in [1.29, 1.82) is 0 Å². The molecule has 2 N–H and O–H groups in total. The first kappa shape index (κ1) is 8.94. The van der Waals surface area contributed by atoms with Crippen LogP contribution in [0.25, 0.3) is 0 Å². The van der Waals surface area contributed by atoms with E-state index in [1.807, 2.05) is 6.92 Å². The molecule has 0 saturated heterocycles. The fraction of sp³-hybridized carbons (Fsp3) is 0.667. The van der Waals surface area contributed by atoms with Gasteiger partial charge in [0.25, 0.3) is 0 Å². The zero-order chi connectivity index (χ0) is 7.98. The average molecular weight is 143 g/mol. The van der Waals surface area contributed by atoms with Gasteiger partial charge in [0.2, 0.25) is 5.91 Å². The molecule has 10 heavy (non-hydrogen) atoms. The lowest BCUT2D eigenvalue weighted by Crippen LogP contribution is -2.26. The Morgan fingerprint density at radius 1 is 1.70 bits per heavy atom. The van der Waals surface area contributed by atoms with Crippen molar-refractivity contribution in [3.05, 3.63) is 0 Å². The molecule has 0 spiro atoms. The largest absolute Gasteiger partial charge is 0.370 e. The van der Waals surface area contributed by atoms with Gasteiger partial charge in [0.1, 0.15) is 0 Å². The standard InChI is InChI=1S/C6H11N2O2/c1-2-8(5-9)4-3-6(7)10/h2-4H2,1H3,(H2,7,10). The van der Waals surface area contributed by atoms with Gasteiger partial charge in [-0.1, -0.05) is 0 Å². The van der Waals surface area contributed by atoms with E-state index in [1.54, 1.807) is 6.41 Å². The lowest BCUT2D eigenvalue weighted by atomic mass is 10.4. The van der Waals surface area contributed by atoms with Gasteiger partial charge in [0, 0.05) is 19.5 Å². The van der Waals surface area contributed by atoms with E-state index in [9.17, 15) is 9.59 Å². The number of rotatable bonds is 5. The normalized spacial score (nSPS) is 8.90. The van der Waals surface area contributed by atoms with Gasteiger partial charge >= 0.3 is 6.41 Å². The molecule has 0 aromatic heterocycles. The zero-order valence-electron chi connectivity index (χ0n) is 5.96. The smallest absolute Gasteiger partial charge is 0.312 e. The van der Waals surface area contributed by atoms with Crippen LogP contribution in [-0.4, -0.2) is 30.3 Å². The van der Waals surface area contributed by atoms with Crippen LogP contribution in [0.3, 0.4) is 0 Å². The van der Waals surface area contributed by atoms with Crippen molar-refractivity contribution in [2.45, 2.75) is 13.3 Å². The molecular weight excluding hydrogens is 132 g/mol. The summed E-state index contributed by atoms with van der Waals surface area (Å²) in [6.45, 7) is 2.75. The molecule has 0 aromatic carbocycles. The molecule has 0 aromatic rings. The third-order valence-electron chi connectivity index (χ3n) is 1.14. The Balaban J connectivity index is 3.44. The van der Waals surface area contributed by atoms with Crippen molar-refractivity contribution < 1.29 is 9.59 Å². The zero-order valence-corrected chi connectivity index (χ0v) is 5.96. The monoisotopic (exact) mass is 143 g/mol. The maximum Gasteiger partial charge on any atom is 0.312 e. The maximum absolute atomic E-state index is 10.2. The Kier molecular flexibility index (Phi) is 4.28. The van der Waals surface area contributed by atoms with Gasteiger partial charge in [-0.15, -0.1) is 0 Å². The summed E-state index contributed by atoms with van der Waals surface area (Å²) < 4.78 is 0. The molecule has 57 valence electrons. The molecular formula is C6H11N2O2. The van der Waals surface area contributed by atoms with Crippen LogP contribution in [0.2, 0.25) is 0 Å². The third-order valence-corrected chi connectivity index (χ3v) is 1.14. The second-order valence-corrected chi connectivity index (χ2v) is 1.89. The Labute approximate surface area is 60.0 Å². The molecule has 2 amide bonds. The Bertz CT molecular complexity index is 125. The van der Waals surface area contributed by atoms with Crippen LogP contribution in [0, 0.1) is 0 Å². The summed E-state index contributed by atoms with van der Waals surface area (Å²) in [5, 5.41) is 0. The fourth-order valence-electron chi connectivity index (χ4n) is 0.513. The summed E-state index contributed by atoms with van der Waals surface area (Å²) in [5.74, 6) is -0.395. The van der Waals surface area contributed by atoms with Crippen LogP contribution in [-0.2, 0) is 9.59 Å². The third kappa shape index (κ3) is 3.88. The maximum atomic E-state index is 10.2. The van der Waals surface area contributed by atoms with Gasteiger partial charge in [0.05, 0.1) is 0 Å². The van der Waals surface area contributed by atoms with Crippen molar-refractivity contribution in [3.63, 3.8) is 0 Å². The topological polar surface area (TPSA) is 63.4 Å². The molecule has 0 fully saturated rings. The molecule has 1 radical (unpaired) electrons. The van der Waals surface area contributed by atoms with E-state index in [2.05, 4.69) is 0 Å². The van der Waals surface area contributed by atoms with E-state index >= 15 is 0 Å². The first-order valence-corrected chi connectivity index (χ1v) is 3.11. The van der Waals surface area contributed by atoms with Gasteiger partial charge in [-0.05, 0) is 6.92 Å². The van der Waals surface area contributed by atoms with Crippen molar-refractivity contribution in [2.24, 2.45) is 5.73 Å². The minimum absolute atomic E-state index is 0.211. The summed E-state index contributed by atoms with van der Waals surface area (Å²) in [7, 11) is 0. The quantitative estimate of drug-likeness (QED) is 0.515. The Morgan fingerprint density at radius 3 is 2.60 bits per heavy atom. The molecule has 0 saturated carbocycles. The van der Waals surface area contributed by atoms with Crippen LogP contribution in [0.15, 0.2) is 0 Å². The lowest BCUT2D eigenvalue weighted by Gasteiger charge is -2.10. The van der Waals surface area contributed by atoms with Gasteiger partial charge in [0.15, 0.2) is 0 Å². The van der Waals surface area contributed by atoms with E-state index in [1.165, 1.54) is 4.90 Å². The molecule has 4 heteroatoms. The summed E-state index contributed by atoms with van der Waals surface area (Å²) >= 11 is 0. The van der Waals surface area contributed by atoms with E-state index in [4.69, 9.17) is 5.73 Å². The second-order valence-electron chi connectivity index (χ2n) is 1.89. The number of amides is 2. The van der Waals surface area contributed by atoms with Crippen molar-refractivity contribution in [1.82, 2.24) is 4.90 Å². The minimum atomic E-state index is -0.395. The number of hydrogen-bond donors (Lipinski definition) is 1. The molecule has 0 rings (SSSR count). The molecule has 0 unspecified atom stereocenters. The number of nitrogens with two attached hydrogens (primary N) is 1. The van der Waals surface area contributed by atoms with E-state index in [0.717, 1.165) is 0 Å². The summed E-state index contributed by atoms with van der Waals surface area (Å²) in [4.78, 5) is 21.6. The number of nitrogens with zero attached hydrogens (tertiary/aromatic N) is 1. The summed E-state index contributed by atoms with van der Waals surface area (Å²) in [6, 6.07) is 0. The first-order chi connectivity index (χ1) is 4.70. The van der Waals surface area contributed by atoms with Crippen LogP contribution < -0.4 is 5.73 Å². The van der Waals surface area contributed by atoms with Crippen molar-refractivity contribution in [3.8, 4) is 0 Å². The fourth-order valence-corrected chi connectivity index (χ4v) is 0.513. The summed E-state index contributed by atoms with van der Waals surface area (Å²) in [5.41, 5.74) is 4.85. The second kappa shape index (κ2) is 4.78. The minimum Gasteiger partial charge on any atom is -0.370 e. The Morgan fingerprint density at radius 2 is 2.30 bits per heavy atom. The number of carbonyl (C=O) groups is 1. The molecule has 0 aliphatic carbocycles. The summed E-state index contributed by atoms with van der Waals surface area (Å²) in [6.07, 6.45) is 1.89. The lowest BCUT2D eigenvalue weighted by molar-refractivity contribution is -0.118. The molecule has 0 aliphatic rings. The number of hydrogen-bond acceptors (Lipinski definition) is 2.